The second-order valence-corrected chi connectivity index (χ2v) is 4.83. The van der Waals surface area contributed by atoms with Crippen molar-refractivity contribution >= 4 is 22.9 Å². The van der Waals surface area contributed by atoms with Crippen LogP contribution in [0.25, 0.3) is 10.9 Å². The maximum atomic E-state index is 12.3. The number of esters is 1. The summed E-state index contributed by atoms with van der Waals surface area (Å²) >= 11 is 0. The molecule has 1 heterocycles. The lowest BCUT2D eigenvalue weighted by Gasteiger charge is -2.03. The molecule has 5 nitrogen and oxygen atoms in total. The van der Waals surface area contributed by atoms with Gasteiger partial charge in [-0.05, 0) is 11.6 Å². The Kier molecular flexibility index (Phi) is 3.62. The maximum absolute atomic E-state index is 12.3. The van der Waals surface area contributed by atoms with Crippen LogP contribution in [-0.4, -0.2) is 16.6 Å². The Morgan fingerprint density at radius 2 is 1.68 bits per heavy atom. The summed E-state index contributed by atoms with van der Waals surface area (Å²) in [5, 5.41) is 0.638. The molecule has 0 aliphatic carbocycles. The van der Waals surface area contributed by atoms with E-state index in [4.69, 9.17) is 10.5 Å². The van der Waals surface area contributed by atoms with Crippen molar-refractivity contribution in [2.45, 2.75) is 6.61 Å². The SMILES string of the molecule is NC(=O)n1cc(C(=O)OCc2ccccc2)c2ccccc21. The van der Waals surface area contributed by atoms with Crippen LogP contribution in [0.5, 0.6) is 0 Å². The lowest BCUT2D eigenvalue weighted by atomic mass is 10.2. The Morgan fingerprint density at radius 1 is 1.00 bits per heavy atom. The van der Waals surface area contributed by atoms with Gasteiger partial charge in [-0.1, -0.05) is 48.5 Å². The Labute approximate surface area is 126 Å². The molecule has 3 aromatic rings. The van der Waals surface area contributed by atoms with Crippen molar-refractivity contribution in [3.8, 4) is 0 Å². The third kappa shape index (κ3) is 2.56. The predicted molar refractivity (Wildman–Crippen MR) is 82.5 cm³/mol. The molecule has 0 saturated carbocycles. The first-order valence-corrected chi connectivity index (χ1v) is 6.78. The number of carbonyl (C=O) groups excluding carboxylic acids is 2. The van der Waals surface area contributed by atoms with Crippen LogP contribution in [0, 0.1) is 0 Å². The molecule has 0 radical (unpaired) electrons. The average molecular weight is 294 g/mol. The number of fused-ring (bicyclic) bond motifs is 1. The van der Waals surface area contributed by atoms with Gasteiger partial charge in [0.1, 0.15) is 6.61 Å². The molecule has 0 atom stereocenters. The van der Waals surface area contributed by atoms with Crippen molar-refractivity contribution in [2.75, 3.05) is 0 Å². The molecule has 0 saturated heterocycles. The zero-order valence-electron chi connectivity index (χ0n) is 11.7. The molecule has 2 N–H and O–H groups in total. The van der Waals surface area contributed by atoms with Crippen molar-refractivity contribution in [3.63, 3.8) is 0 Å². The number of ether oxygens (including phenoxy) is 1. The first-order chi connectivity index (χ1) is 10.7. The Hall–Kier alpha value is -3.08. The molecule has 3 rings (SSSR count). The zero-order valence-corrected chi connectivity index (χ0v) is 11.7. The number of nitrogens with zero attached hydrogens (tertiary/aromatic N) is 1. The molecular weight excluding hydrogens is 280 g/mol. The molecule has 0 spiro atoms. The summed E-state index contributed by atoms with van der Waals surface area (Å²) in [6.07, 6.45) is 1.42. The van der Waals surface area contributed by atoms with E-state index >= 15 is 0 Å². The number of rotatable bonds is 3. The minimum absolute atomic E-state index is 0.176. The fourth-order valence-corrected chi connectivity index (χ4v) is 2.33. The molecule has 22 heavy (non-hydrogen) atoms. The molecule has 0 aliphatic heterocycles. The highest BCUT2D eigenvalue weighted by atomic mass is 16.5. The Morgan fingerprint density at radius 3 is 2.41 bits per heavy atom. The molecule has 1 amide bonds. The number of primary amides is 1. The fourth-order valence-electron chi connectivity index (χ4n) is 2.33. The van der Waals surface area contributed by atoms with Crippen LogP contribution >= 0.6 is 0 Å². The van der Waals surface area contributed by atoms with Crippen molar-refractivity contribution in [2.24, 2.45) is 5.73 Å². The quantitative estimate of drug-likeness (QED) is 0.755. The normalized spacial score (nSPS) is 10.5. The van der Waals surface area contributed by atoms with Gasteiger partial charge < -0.3 is 10.5 Å². The van der Waals surface area contributed by atoms with Crippen molar-refractivity contribution < 1.29 is 14.3 Å². The van der Waals surface area contributed by atoms with E-state index in [0.29, 0.717) is 16.5 Å². The largest absolute Gasteiger partial charge is 0.457 e. The van der Waals surface area contributed by atoms with Gasteiger partial charge in [0.25, 0.3) is 0 Å². The van der Waals surface area contributed by atoms with Gasteiger partial charge in [0.2, 0.25) is 0 Å². The van der Waals surface area contributed by atoms with Gasteiger partial charge in [-0.2, -0.15) is 0 Å². The molecule has 1 aromatic heterocycles. The Balaban J connectivity index is 1.89. The summed E-state index contributed by atoms with van der Waals surface area (Å²) in [5.74, 6) is -0.486. The number of amides is 1. The minimum Gasteiger partial charge on any atom is -0.457 e. The van der Waals surface area contributed by atoms with Crippen molar-refractivity contribution in [1.29, 1.82) is 0 Å². The predicted octanol–water partition coefficient (Wildman–Crippen LogP) is 2.93. The third-order valence-electron chi connectivity index (χ3n) is 3.38. The van der Waals surface area contributed by atoms with Crippen molar-refractivity contribution in [1.82, 2.24) is 4.57 Å². The van der Waals surface area contributed by atoms with Crippen molar-refractivity contribution in [3.05, 3.63) is 71.9 Å². The standard InChI is InChI=1S/C17H14N2O3/c18-17(21)19-10-14(13-8-4-5-9-15(13)19)16(20)22-11-12-6-2-1-3-7-12/h1-10H,11H2,(H2,18,21). The number of benzene rings is 2. The van der Waals surface area contributed by atoms with E-state index in [-0.39, 0.29) is 6.61 Å². The first kappa shape index (κ1) is 13.9. The maximum Gasteiger partial charge on any atom is 0.340 e. The number of para-hydroxylation sites is 1. The van der Waals surface area contributed by atoms with Gasteiger partial charge in [-0.3, -0.25) is 4.57 Å². The Bertz CT molecular complexity index is 837. The van der Waals surface area contributed by atoms with Gasteiger partial charge in [-0.15, -0.1) is 0 Å². The molecule has 0 fully saturated rings. The summed E-state index contributed by atoms with van der Waals surface area (Å²) in [5.41, 5.74) is 7.14. The summed E-state index contributed by atoms with van der Waals surface area (Å²) in [4.78, 5) is 23.7. The van der Waals surface area contributed by atoms with E-state index in [1.807, 2.05) is 30.3 Å². The van der Waals surface area contributed by atoms with Crippen LogP contribution < -0.4 is 5.73 Å². The third-order valence-corrected chi connectivity index (χ3v) is 3.38. The summed E-state index contributed by atoms with van der Waals surface area (Å²) < 4.78 is 6.56. The summed E-state index contributed by atoms with van der Waals surface area (Å²) in [6, 6.07) is 15.8. The van der Waals surface area contributed by atoms with Gasteiger partial charge in [0.15, 0.2) is 0 Å². The lowest BCUT2D eigenvalue weighted by molar-refractivity contribution is 0.0475. The molecule has 2 aromatic carbocycles. The van der Waals surface area contributed by atoms with E-state index in [1.54, 1.807) is 24.3 Å². The van der Waals surface area contributed by atoms with Crippen LogP contribution in [0.3, 0.4) is 0 Å². The molecular formula is C17H14N2O3. The van der Waals surface area contributed by atoms with Crippen LogP contribution in [-0.2, 0) is 11.3 Å². The highest BCUT2D eigenvalue weighted by Crippen LogP contribution is 2.22. The minimum atomic E-state index is -0.640. The molecule has 0 aliphatic rings. The van der Waals surface area contributed by atoms with Crippen LogP contribution in [0.1, 0.15) is 15.9 Å². The summed E-state index contributed by atoms with van der Waals surface area (Å²) in [7, 11) is 0. The topological polar surface area (TPSA) is 74.3 Å². The van der Waals surface area contributed by atoms with E-state index < -0.39 is 12.0 Å². The second kappa shape index (κ2) is 5.73. The number of nitrogens with two attached hydrogens (primary N) is 1. The van der Waals surface area contributed by atoms with E-state index in [2.05, 4.69) is 0 Å². The van der Waals surface area contributed by atoms with Gasteiger partial charge in [0, 0.05) is 11.6 Å². The smallest absolute Gasteiger partial charge is 0.340 e. The highest BCUT2D eigenvalue weighted by Gasteiger charge is 2.17. The lowest BCUT2D eigenvalue weighted by Crippen LogP contribution is -2.18. The second-order valence-electron chi connectivity index (χ2n) is 4.83. The van der Waals surface area contributed by atoms with Crippen LogP contribution in [0.15, 0.2) is 60.8 Å². The number of hydrogen-bond acceptors (Lipinski definition) is 3. The van der Waals surface area contributed by atoms with Crippen LogP contribution in [0.4, 0.5) is 4.79 Å². The zero-order chi connectivity index (χ0) is 15.5. The number of hydrogen-bond donors (Lipinski definition) is 1. The molecule has 110 valence electrons. The van der Waals surface area contributed by atoms with E-state index in [0.717, 1.165) is 5.56 Å². The fraction of sp³-hybridized carbons (Fsp3) is 0.0588. The molecule has 0 bridgehead atoms. The average Bonchev–Trinajstić information content (AvgIpc) is 2.93. The first-order valence-electron chi connectivity index (χ1n) is 6.78. The van der Waals surface area contributed by atoms with Crippen LogP contribution in [0.2, 0.25) is 0 Å². The van der Waals surface area contributed by atoms with E-state index in [1.165, 1.54) is 10.8 Å². The van der Waals surface area contributed by atoms with Gasteiger partial charge in [0.05, 0.1) is 11.1 Å². The molecule has 0 unspecified atom stereocenters. The highest BCUT2D eigenvalue weighted by molar-refractivity contribution is 6.06. The summed E-state index contributed by atoms with van der Waals surface area (Å²) in [6.45, 7) is 0.176. The monoisotopic (exact) mass is 294 g/mol. The van der Waals surface area contributed by atoms with Gasteiger partial charge >= 0.3 is 12.0 Å². The van der Waals surface area contributed by atoms with Gasteiger partial charge in [-0.25, -0.2) is 9.59 Å². The van der Waals surface area contributed by atoms with E-state index in [9.17, 15) is 9.59 Å². The number of carbonyl (C=O) groups is 2. The number of aromatic nitrogens is 1. The molecule has 5 heteroatoms.